The van der Waals surface area contributed by atoms with Gasteiger partial charge in [-0.15, -0.1) is 0 Å². The molecule has 0 radical (unpaired) electrons. The number of aliphatic hydroxyl groups excluding tert-OH is 1. The van der Waals surface area contributed by atoms with Gasteiger partial charge in [-0.1, -0.05) is 11.6 Å². The van der Waals surface area contributed by atoms with Crippen LogP contribution in [-0.4, -0.2) is 21.4 Å². The largest absolute Gasteiger partial charge is 0.388 e. The lowest BCUT2D eigenvalue weighted by Crippen LogP contribution is -2.07. The normalized spacial score (nSPS) is 13.3. The van der Waals surface area contributed by atoms with E-state index in [1.807, 2.05) is 6.92 Å². The van der Waals surface area contributed by atoms with E-state index in [2.05, 4.69) is 5.10 Å². The SMILES string of the molecule is Cc1nn(C)c(Cl)c1[C@H](O)CCN. The molecule has 0 saturated heterocycles. The molecule has 0 spiro atoms. The minimum absolute atomic E-state index is 0.436. The van der Waals surface area contributed by atoms with Crippen molar-refractivity contribution in [2.45, 2.75) is 19.4 Å². The van der Waals surface area contributed by atoms with Gasteiger partial charge in [0.2, 0.25) is 0 Å². The predicted molar refractivity (Wildman–Crippen MR) is 51.6 cm³/mol. The van der Waals surface area contributed by atoms with Crippen LogP contribution in [0.2, 0.25) is 5.15 Å². The van der Waals surface area contributed by atoms with Crippen LogP contribution in [0.25, 0.3) is 0 Å². The molecule has 1 heterocycles. The van der Waals surface area contributed by atoms with Crippen LogP contribution in [0.3, 0.4) is 0 Å². The maximum atomic E-state index is 9.68. The van der Waals surface area contributed by atoms with Crippen molar-refractivity contribution in [1.29, 1.82) is 0 Å². The van der Waals surface area contributed by atoms with Crippen molar-refractivity contribution < 1.29 is 5.11 Å². The van der Waals surface area contributed by atoms with Crippen LogP contribution in [0.15, 0.2) is 0 Å². The Morgan fingerprint density at radius 1 is 1.69 bits per heavy atom. The summed E-state index contributed by atoms with van der Waals surface area (Å²) in [6.07, 6.45) is -0.0992. The summed E-state index contributed by atoms with van der Waals surface area (Å²) in [5, 5.41) is 14.3. The third-order valence-corrected chi connectivity index (χ3v) is 2.42. The van der Waals surface area contributed by atoms with Gasteiger partial charge < -0.3 is 10.8 Å². The van der Waals surface area contributed by atoms with E-state index in [9.17, 15) is 5.11 Å². The fourth-order valence-corrected chi connectivity index (χ4v) is 1.63. The van der Waals surface area contributed by atoms with E-state index in [4.69, 9.17) is 17.3 Å². The average Bonchev–Trinajstić information content (AvgIpc) is 2.27. The van der Waals surface area contributed by atoms with Crippen molar-refractivity contribution in [1.82, 2.24) is 9.78 Å². The molecule has 0 aliphatic carbocycles. The van der Waals surface area contributed by atoms with E-state index in [1.54, 1.807) is 11.7 Å². The highest BCUT2D eigenvalue weighted by Crippen LogP contribution is 2.27. The van der Waals surface area contributed by atoms with Gasteiger partial charge in [-0.25, -0.2) is 0 Å². The number of hydrogen-bond donors (Lipinski definition) is 2. The molecule has 0 unspecified atom stereocenters. The molecule has 0 aliphatic heterocycles. The Hall–Kier alpha value is -0.580. The minimum Gasteiger partial charge on any atom is -0.388 e. The van der Waals surface area contributed by atoms with E-state index < -0.39 is 6.10 Å². The minimum atomic E-state index is -0.605. The van der Waals surface area contributed by atoms with Crippen LogP contribution in [0.4, 0.5) is 0 Å². The summed E-state index contributed by atoms with van der Waals surface area (Å²) in [6, 6.07) is 0. The summed E-state index contributed by atoms with van der Waals surface area (Å²) >= 11 is 5.94. The Kier molecular flexibility index (Phi) is 3.30. The first-order chi connectivity index (χ1) is 6.07. The van der Waals surface area contributed by atoms with Crippen molar-refractivity contribution in [2.24, 2.45) is 12.8 Å². The van der Waals surface area contributed by atoms with E-state index in [0.29, 0.717) is 23.7 Å². The number of nitrogens with two attached hydrogens (primary N) is 1. The Bertz CT molecular complexity index is 298. The number of halogens is 1. The number of rotatable bonds is 3. The topological polar surface area (TPSA) is 64.1 Å². The number of nitrogens with zero attached hydrogens (tertiary/aromatic N) is 2. The number of hydrogen-bond acceptors (Lipinski definition) is 3. The molecule has 0 aliphatic rings. The number of aliphatic hydroxyl groups is 1. The molecule has 1 aromatic rings. The zero-order valence-corrected chi connectivity index (χ0v) is 8.54. The molecule has 1 atom stereocenters. The van der Waals surface area contributed by atoms with E-state index in [-0.39, 0.29) is 0 Å². The van der Waals surface area contributed by atoms with Crippen molar-refractivity contribution in [3.05, 3.63) is 16.4 Å². The van der Waals surface area contributed by atoms with Crippen molar-refractivity contribution in [3.63, 3.8) is 0 Å². The van der Waals surface area contributed by atoms with Crippen LogP contribution >= 0.6 is 11.6 Å². The Morgan fingerprint density at radius 2 is 2.31 bits per heavy atom. The number of aromatic nitrogens is 2. The third-order valence-electron chi connectivity index (χ3n) is 1.97. The highest BCUT2D eigenvalue weighted by atomic mass is 35.5. The van der Waals surface area contributed by atoms with Gasteiger partial charge in [-0.3, -0.25) is 4.68 Å². The average molecular weight is 204 g/mol. The zero-order chi connectivity index (χ0) is 10.0. The molecule has 0 fully saturated rings. The highest BCUT2D eigenvalue weighted by molar-refractivity contribution is 6.30. The molecule has 13 heavy (non-hydrogen) atoms. The molecule has 1 rings (SSSR count). The van der Waals surface area contributed by atoms with Crippen LogP contribution in [-0.2, 0) is 7.05 Å². The van der Waals surface area contributed by atoms with Gasteiger partial charge in [0, 0.05) is 12.6 Å². The molecule has 3 N–H and O–H groups in total. The molecule has 1 aromatic heterocycles. The Morgan fingerprint density at radius 3 is 2.69 bits per heavy atom. The van der Waals surface area contributed by atoms with E-state index >= 15 is 0 Å². The van der Waals surface area contributed by atoms with E-state index in [1.165, 1.54) is 0 Å². The molecule has 4 nitrogen and oxygen atoms in total. The van der Waals surface area contributed by atoms with Crippen LogP contribution in [0, 0.1) is 6.92 Å². The van der Waals surface area contributed by atoms with Gasteiger partial charge in [0.05, 0.1) is 11.8 Å². The van der Waals surface area contributed by atoms with Crippen molar-refractivity contribution >= 4 is 11.6 Å². The zero-order valence-electron chi connectivity index (χ0n) is 7.79. The summed E-state index contributed by atoms with van der Waals surface area (Å²) < 4.78 is 1.55. The molecule has 0 aromatic carbocycles. The van der Waals surface area contributed by atoms with Crippen molar-refractivity contribution in [3.8, 4) is 0 Å². The second-order valence-corrected chi connectivity index (χ2v) is 3.36. The summed E-state index contributed by atoms with van der Waals surface area (Å²) in [5.74, 6) is 0. The third kappa shape index (κ3) is 2.02. The highest BCUT2D eigenvalue weighted by Gasteiger charge is 2.18. The van der Waals surface area contributed by atoms with Crippen LogP contribution in [0.1, 0.15) is 23.8 Å². The van der Waals surface area contributed by atoms with Crippen LogP contribution in [0.5, 0.6) is 0 Å². The molecule has 0 bridgehead atoms. The lowest BCUT2D eigenvalue weighted by atomic mass is 10.1. The van der Waals surface area contributed by atoms with E-state index in [0.717, 1.165) is 5.69 Å². The molecular formula is C8H14ClN3O. The monoisotopic (exact) mass is 203 g/mol. The lowest BCUT2D eigenvalue weighted by molar-refractivity contribution is 0.169. The van der Waals surface area contributed by atoms with Crippen LogP contribution < -0.4 is 5.73 Å². The first kappa shape index (κ1) is 10.5. The molecule has 0 amide bonds. The second kappa shape index (κ2) is 4.09. The van der Waals surface area contributed by atoms with Gasteiger partial charge in [-0.2, -0.15) is 5.10 Å². The Labute approximate surface area is 82.3 Å². The van der Waals surface area contributed by atoms with Gasteiger partial charge in [0.1, 0.15) is 5.15 Å². The Balaban J connectivity index is 2.98. The summed E-state index contributed by atoms with van der Waals surface area (Å²) in [4.78, 5) is 0. The molecule has 0 saturated carbocycles. The molecule has 74 valence electrons. The van der Waals surface area contributed by atoms with Gasteiger partial charge in [0.15, 0.2) is 0 Å². The predicted octanol–water partition coefficient (Wildman–Crippen LogP) is 0.764. The van der Waals surface area contributed by atoms with Gasteiger partial charge in [-0.05, 0) is 19.9 Å². The smallest absolute Gasteiger partial charge is 0.132 e. The first-order valence-electron chi connectivity index (χ1n) is 4.15. The maximum Gasteiger partial charge on any atom is 0.132 e. The quantitative estimate of drug-likeness (QED) is 0.763. The fraction of sp³-hybridized carbons (Fsp3) is 0.625. The lowest BCUT2D eigenvalue weighted by Gasteiger charge is -2.08. The van der Waals surface area contributed by atoms with Gasteiger partial charge in [0.25, 0.3) is 0 Å². The second-order valence-electron chi connectivity index (χ2n) is 3.01. The fourth-order valence-electron chi connectivity index (χ4n) is 1.33. The molecular weight excluding hydrogens is 190 g/mol. The standard InChI is InChI=1S/C8H14ClN3O/c1-5-7(6(13)3-4-10)8(9)12(2)11-5/h6,13H,3-4,10H2,1-2H3/t6-/m1/s1. The number of aryl methyl sites for hydroxylation is 2. The summed E-state index contributed by atoms with van der Waals surface area (Å²) in [5.41, 5.74) is 6.79. The summed E-state index contributed by atoms with van der Waals surface area (Å²) in [7, 11) is 1.74. The van der Waals surface area contributed by atoms with Gasteiger partial charge >= 0.3 is 0 Å². The van der Waals surface area contributed by atoms with Crippen molar-refractivity contribution in [2.75, 3.05) is 6.54 Å². The maximum absolute atomic E-state index is 9.68. The molecule has 5 heteroatoms. The summed E-state index contributed by atoms with van der Waals surface area (Å²) in [6.45, 7) is 2.26. The first-order valence-corrected chi connectivity index (χ1v) is 4.52.